The maximum absolute atomic E-state index is 13.6. The van der Waals surface area contributed by atoms with Crippen molar-refractivity contribution >= 4 is 17.7 Å². The number of dihydropyridines is 1. The molecule has 2 aliphatic rings. The molecule has 0 saturated carbocycles. The number of carbonyl (C=O) groups is 3. The van der Waals surface area contributed by atoms with Gasteiger partial charge in [0.1, 0.15) is 5.92 Å². The second-order valence-electron chi connectivity index (χ2n) is 8.10. The minimum atomic E-state index is -0.971. The van der Waals surface area contributed by atoms with Crippen molar-refractivity contribution < 1.29 is 33.7 Å². The van der Waals surface area contributed by atoms with Gasteiger partial charge in [-0.2, -0.15) is 0 Å². The van der Waals surface area contributed by atoms with Crippen molar-refractivity contribution in [1.82, 2.24) is 5.32 Å². The van der Waals surface area contributed by atoms with E-state index in [1.54, 1.807) is 19.1 Å². The Morgan fingerprint density at radius 2 is 1.97 bits per heavy atom. The number of ketones is 1. The van der Waals surface area contributed by atoms with E-state index >= 15 is 0 Å². The lowest BCUT2D eigenvalue weighted by Crippen LogP contribution is -2.43. The Morgan fingerprint density at radius 3 is 2.56 bits per heavy atom. The number of phenolic OH excluding ortho intramolecular Hbond substituents is 1. The largest absolute Gasteiger partial charge is 0.504 e. The van der Waals surface area contributed by atoms with Gasteiger partial charge in [-0.25, -0.2) is 4.79 Å². The summed E-state index contributed by atoms with van der Waals surface area (Å²) in [6.07, 6.45) is 1.09. The highest BCUT2D eigenvalue weighted by atomic mass is 16.5. The number of carbonyl (C=O) groups excluding carboxylic acids is 3. The standard InChI is InChI=1S/C24H29NO7/c1-6-9-32-24(29)19-13(3)25-15-10-12(2)18(23(28)31-5)22(27)21(15)20(19)14-7-8-17(30-4)16(26)11-14/h7-8,11-12,18,20,25-26H,6,9-10H2,1-5H3/t12-,18-,20-/m1/s1. The van der Waals surface area contributed by atoms with Crippen LogP contribution in [0.1, 0.15) is 45.1 Å². The molecule has 172 valence electrons. The molecule has 1 aliphatic heterocycles. The molecule has 0 spiro atoms. The van der Waals surface area contributed by atoms with E-state index in [-0.39, 0.29) is 29.6 Å². The number of esters is 2. The lowest BCUT2D eigenvalue weighted by Gasteiger charge is -2.38. The zero-order valence-electron chi connectivity index (χ0n) is 19.0. The van der Waals surface area contributed by atoms with Crippen LogP contribution in [0.5, 0.6) is 11.5 Å². The second-order valence-corrected chi connectivity index (χ2v) is 8.10. The third-order valence-corrected chi connectivity index (χ3v) is 5.94. The van der Waals surface area contributed by atoms with Crippen molar-refractivity contribution in [1.29, 1.82) is 0 Å². The maximum atomic E-state index is 13.6. The Hall–Kier alpha value is -3.29. The first-order valence-electron chi connectivity index (χ1n) is 10.6. The van der Waals surface area contributed by atoms with Crippen LogP contribution in [0.3, 0.4) is 0 Å². The monoisotopic (exact) mass is 443 g/mol. The Morgan fingerprint density at radius 1 is 1.25 bits per heavy atom. The average Bonchev–Trinajstić information content (AvgIpc) is 2.76. The molecule has 0 saturated heterocycles. The third kappa shape index (κ3) is 4.09. The number of hydrogen-bond acceptors (Lipinski definition) is 8. The van der Waals surface area contributed by atoms with E-state index in [1.165, 1.54) is 20.3 Å². The molecule has 2 N–H and O–H groups in total. The van der Waals surface area contributed by atoms with Crippen LogP contribution in [-0.2, 0) is 23.9 Å². The Kier molecular flexibility index (Phi) is 6.91. The van der Waals surface area contributed by atoms with Crippen LogP contribution >= 0.6 is 0 Å². The number of ether oxygens (including phenoxy) is 3. The topological polar surface area (TPSA) is 111 Å². The minimum absolute atomic E-state index is 0.120. The van der Waals surface area contributed by atoms with Gasteiger partial charge in [0.05, 0.1) is 26.4 Å². The minimum Gasteiger partial charge on any atom is -0.504 e. The summed E-state index contributed by atoms with van der Waals surface area (Å²) in [6.45, 7) is 5.70. The lowest BCUT2D eigenvalue weighted by atomic mass is 9.69. The highest BCUT2D eigenvalue weighted by Crippen LogP contribution is 2.46. The Bertz CT molecular complexity index is 1010. The molecule has 0 amide bonds. The summed E-state index contributed by atoms with van der Waals surface area (Å²) in [5.41, 5.74) is 2.34. The summed E-state index contributed by atoms with van der Waals surface area (Å²) in [7, 11) is 2.69. The van der Waals surface area contributed by atoms with Crippen molar-refractivity contribution in [2.24, 2.45) is 11.8 Å². The molecule has 1 aromatic rings. The molecule has 1 aliphatic carbocycles. The highest BCUT2D eigenvalue weighted by molar-refractivity contribution is 6.12. The SMILES string of the molecule is CCCOC(=O)C1=C(C)NC2=C(C(=O)[C@H](C(=O)OC)[C@H](C)C2)[C@@H]1c1ccc(OC)c(O)c1. The van der Waals surface area contributed by atoms with E-state index in [0.717, 1.165) is 0 Å². The van der Waals surface area contributed by atoms with Gasteiger partial charge in [0.2, 0.25) is 0 Å². The first-order valence-corrected chi connectivity index (χ1v) is 10.6. The zero-order chi connectivity index (χ0) is 23.6. The van der Waals surface area contributed by atoms with E-state index < -0.39 is 29.6 Å². The summed E-state index contributed by atoms with van der Waals surface area (Å²) >= 11 is 0. The maximum Gasteiger partial charge on any atom is 0.336 e. The van der Waals surface area contributed by atoms with Gasteiger partial charge in [0.15, 0.2) is 17.3 Å². The Labute approximate surface area is 187 Å². The van der Waals surface area contributed by atoms with Gasteiger partial charge in [0, 0.05) is 22.9 Å². The quantitative estimate of drug-likeness (QED) is 0.510. The van der Waals surface area contributed by atoms with Gasteiger partial charge in [-0.1, -0.05) is 19.9 Å². The normalized spacial score (nSPS) is 22.8. The van der Waals surface area contributed by atoms with Gasteiger partial charge < -0.3 is 24.6 Å². The fraction of sp³-hybridized carbons (Fsp3) is 0.458. The van der Waals surface area contributed by atoms with Crippen molar-refractivity contribution in [3.05, 3.63) is 46.3 Å². The number of nitrogens with one attached hydrogen (secondary N) is 1. The highest BCUT2D eigenvalue weighted by Gasteiger charge is 2.47. The predicted octanol–water partition coefficient (Wildman–Crippen LogP) is 2.97. The number of phenols is 1. The number of hydrogen-bond donors (Lipinski definition) is 2. The molecular formula is C24H29NO7. The second kappa shape index (κ2) is 9.46. The summed E-state index contributed by atoms with van der Waals surface area (Å²) in [5.74, 6) is -3.45. The van der Waals surface area contributed by atoms with Gasteiger partial charge in [-0.15, -0.1) is 0 Å². The number of Topliss-reactive ketones (excluding diaryl/α,β-unsaturated/α-hetero) is 1. The molecule has 3 atom stereocenters. The van der Waals surface area contributed by atoms with Crippen LogP contribution in [0.15, 0.2) is 40.7 Å². The number of aromatic hydroxyl groups is 1. The molecule has 32 heavy (non-hydrogen) atoms. The smallest absolute Gasteiger partial charge is 0.336 e. The van der Waals surface area contributed by atoms with Crippen LogP contribution in [0.25, 0.3) is 0 Å². The fourth-order valence-corrected chi connectivity index (χ4v) is 4.44. The van der Waals surface area contributed by atoms with E-state index in [0.29, 0.717) is 35.4 Å². The van der Waals surface area contributed by atoms with E-state index in [2.05, 4.69) is 5.32 Å². The first kappa shape index (κ1) is 23.4. The number of benzene rings is 1. The van der Waals surface area contributed by atoms with Gasteiger partial charge in [-0.05, 0) is 43.4 Å². The molecule has 0 unspecified atom stereocenters. The molecule has 3 rings (SSSR count). The average molecular weight is 443 g/mol. The van der Waals surface area contributed by atoms with Crippen LogP contribution < -0.4 is 10.1 Å². The van der Waals surface area contributed by atoms with Crippen LogP contribution in [-0.4, -0.2) is 43.7 Å². The van der Waals surface area contributed by atoms with Gasteiger partial charge in [-0.3, -0.25) is 9.59 Å². The lowest BCUT2D eigenvalue weighted by molar-refractivity contribution is -0.151. The predicted molar refractivity (Wildman–Crippen MR) is 116 cm³/mol. The van der Waals surface area contributed by atoms with Crippen LogP contribution in [0.2, 0.25) is 0 Å². The molecule has 8 nitrogen and oxygen atoms in total. The molecular weight excluding hydrogens is 414 g/mol. The van der Waals surface area contributed by atoms with Crippen molar-refractivity contribution in [3.63, 3.8) is 0 Å². The molecule has 1 heterocycles. The molecule has 0 radical (unpaired) electrons. The number of allylic oxidation sites excluding steroid dienone is 3. The van der Waals surface area contributed by atoms with Crippen molar-refractivity contribution in [3.8, 4) is 11.5 Å². The number of methoxy groups -OCH3 is 2. The molecule has 0 fully saturated rings. The van der Waals surface area contributed by atoms with E-state index in [1.807, 2.05) is 13.8 Å². The Balaban J connectivity index is 2.18. The van der Waals surface area contributed by atoms with Gasteiger partial charge >= 0.3 is 11.9 Å². The zero-order valence-corrected chi connectivity index (χ0v) is 19.0. The molecule has 0 aromatic heterocycles. The third-order valence-electron chi connectivity index (χ3n) is 5.94. The summed E-state index contributed by atoms with van der Waals surface area (Å²) < 4.78 is 15.4. The van der Waals surface area contributed by atoms with E-state index in [4.69, 9.17) is 14.2 Å². The first-order chi connectivity index (χ1) is 15.2. The fourth-order valence-electron chi connectivity index (χ4n) is 4.44. The van der Waals surface area contributed by atoms with Crippen LogP contribution in [0.4, 0.5) is 0 Å². The van der Waals surface area contributed by atoms with Crippen LogP contribution in [0, 0.1) is 11.8 Å². The van der Waals surface area contributed by atoms with Crippen molar-refractivity contribution in [2.75, 3.05) is 20.8 Å². The molecule has 1 aromatic carbocycles. The summed E-state index contributed by atoms with van der Waals surface area (Å²) in [6, 6.07) is 4.74. The summed E-state index contributed by atoms with van der Waals surface area (Å²) in [4.78, 5) is 39.1. The number of rotatable bonds is 6. The van der Waals surface area contributed by atoms with Gasteiger partial charge in [0.25, 0.3) is 0 Å². The van der Waals surface area contributed by atoms with Crippen molar-refractivity contribution in [2.45, 2.75) is 39.5 Å². The molecule has 8 heteroatoms. The van der Waals surface area contributed by atoms with E-state index in [9.17, 15) is 19.5 Å². The molecule has 0 bridgehead atoms. The summed E-state index contributed by atoms with van der Waals surface area (Å²) in [5, 5.41) is 13.6.